The molecule has 354 valence electrons. The van der Waals surface area contributed by atoms with Crippen LogP contribution in [-0.2, 0) is 42.6 Å². The van der Waals surface area contributed by atoms with E-state index in [1.807, 2.05) is 0 Å². The largest absolute Gasteiger partial charge is 0.394 e. The zero-order valence-corrected chi connectivity index (χ0v) is 37.4. The second-order valence-electron chi connectivity index (χ2n) is 21.3. The van der Waals surface area contributed by atoms with E-state index in [9.17, 15) is 35.7 Å². The number of hydrogen-bond acceptors (Lipinski definition) is 16. The summed E-state index contributed by atoms with van der Waals surface area (Å²) in [4.78, 5) is 0. The van der Waals surface area contributed by atoms with Crippen molar-refractivity contribution in [3.8, 4) is 0 Å². The van der Waals surface area contributed by atoms with E-state index in [1.54, 1.807) is 6.92 Å². The Morgan fingerprint density at radius 2 is 1.42 bits per heavy atom. The molecule has 16 nitrogen and oxygen atoms in total. The van der Waals surface area contributed by atoms with Gasteiger partial charge in [-0.3, -0.25) is 0 Å². The Morgan fingerprint density at radius 3 is 2.11 bits per heavy atom. The van der Waals surface area contributed by atoms with Crippen molar-refractivity contribution >= 4 is 0 Å². The first-order chi connectivity index (χ1) is 29.4. The number of fused-ring (bicyclic) bond motifs is 7. The van der Waals surface area contributed by atoms with Crippen LogP contribution < -0.4 is 0 Å². The van der Waals surface area contributed by atoms with Crippen LogP contribution in [0.25, 0.3) is 0 Å². The minimum Gasteiger partial charge on any atom is -0.394 e. The first kappa shape index (κ1) is 46.2. The molecule has 0 amide bonds. The van der Waals surface area contributed by atoms with E-state index in [4.69, 9.17) is 42.6 Å². The summed E-state index contributed by atoms with van der Waals surface area (Å²) in [6, 6.07) is 0. The average molecular weight is 883 g/mol. The van der Waals surface area contributed by atoms with Crippen LogP contribution in [0.2, 0.25) is 0 Å². The summed E-state index contributed by atoms with van der Waals surface area (Å²) in [7, 11) is 1.39. The number of ether oxygens (including phenoxy) is 9. The number of aliphatic hydroxyl groups excluding tert-OH is 7. The van der Waals surface area contributed by atoms with Crippen LogP contribution in [0.4, 0.5) is 0 Å². The van der Waals surface area contributed by atoms with Gasteiger partial charge in [0, 0.05) is 19.4 Å². The fourth-order valence-electron chi connectivity index (χ4n) is 14.3. The third-order valence-electron chi connectivity index (χ3n) is 17.9. The Bertz CT molecular complexity index is 1610. The van der Waals surface area contributed by atoms with Crippen molar-refractivity contribution < 1.29 is 78.4 Å². The van der Waals surface area contributed by atoms with Gasteiger partial charge in [0.25, 0.3) is 0 Å². The van der Waals surface area contributed by atoms with Crippen LogP contribution in [-0.4, -0.2) is 166 Å². The highest BCUT2D eigenvalue weighted by molar-refractivity contribution is 5.26. The van der Waals surface area contributed by atoms with Crippen LogP contribution in [0.5, 0.6) is 0 Å². The highest BCUT2D eigenvalue weighted by Gasteiger charge is 2.69. The Morgan fingerprint density at radius 1 is 0.710 bits per heavy atom. The molecule has 4 aliphatic carbocycles. The predicted molar refractivity (Wildman–Crippen MR) is 218 cm³/mol. The third-order valence-corrected chi connectivity index (χ3v) is 17.9. The highest BCUT2D eigenvalue weighted by Crippen LogP contribution is 2.70. The first-order valence-electron chi connectivity index (χ1n) is 23.6. The van der Waals surface area contributed by atoms with Gasteiger partial charge in [0.15, 0.2) is 24.7 Å². The maximum absolute atomic E-state index is 12.1. The molecule has 1 spiro atoms. The molecular weight excluding hydrogens is 808 g/mol. The van der Waals surface area contributed by atoms with Gasteiger partial charge in [0.2, 0.25) is 0 Å². The summed E-state index contributed by atoms with van der Waals surface area (Å²) < 4.78 is 55.9. The van der Waals surface area contributed by atoms with Crippen molar-refractivity contribution in [2.75, 3.05) is 20.3 Å². The molecule has 5 aliphatic heterocycles. The Kier molecular flexibility index (Phi) is 12.9. The van der Waals surface area contributed by atoms with Gasteiger partial charge in [-0.05, 0) is 106 Å². The average Bonchev–Trinajstić information content (AvgIpc) is 3.69. The van der Waals surface area contributed by atoms with E-state index in [0.29, 0.717) is 48.3 Å². The van der Waals surface area contributed by atoms with Crippen LogP contribution >= 0.6 is 0 Å². The van der Waals surface area contributed by atoms with Crippen LogP contribution in [0.15, 0.2) is 11.6 Å². The van der Waals surface area contributed by atoms with E-state index in [2.05, 4.69) is 33.8 Å². The van der Waals surface area contributed by atoms with E-state index < -0.39 is 105 Å². The standard InChI is InChI=1S/C46H74O16/c1-20-10-15-46(55-19-20)21(2)31-29(62-46)17-28-26-9-8-24-16-25(11-13-44(24,5)27(26)12-14-45(28,31)6)58-43-40(61-41-35(51)33(49)32(48)22(3)56-41)37(53)39(30(18-47)59-43)60-42-36(52)34(50)38(54-7)23(4)57-42/h8,20-23,25-43,47-53H,9-19H2,1-7H3/t20-,21?,22+,23+,25+,26?,27?,28?,29?,30-,31?,32+,33-,34+,35-,36-,37+,38+,39-,40-,41+,42+,43-,44+,45+,46-/m1/s1. The van der Waals surface area contributed by atoms with Crippen molar-refractivity contribution in [1.82, 2.24) is 0 Å². The van der Waals surface area contributed by atoms with Crippen molar-refractivity contribution in [2.45, 2.75) is 209 Å². The molecule has 3 saturated carbocycles. The molecule has 26 atom stereocenters. The summed E-state index contributed by atoms with van der Waals surface area (Å²) in [5.74, 6) is 2.68. The summed E-state index contributed by atoms with van der Waals surface area (Å²) >= 11 is 0. The van der Waals surface area contributed by atoms with Gasteiger partial charge in [-0.1, -0.05) is 39.3 Å². The van der Waals surface area contributed by atoms with Crippen molar-refractivity contribution in [3.05, 3.63) is 11.6 Å². The Hall–Kier alpha value is -0.900. The number of aliphatic hydroxyl groups is 7. The van der Waals surface area contributed by atoms with Crippen molar-refractivity contribution in [3.63, 3.8) is 0 Å². The third kappa shape index (κ3) is 7.50. The predicted octanol–water partition coefficient (Wildman–Crippen LogP) is 1.90. The smallest absolute Gasteiger partial charge is 0.187 e. The van der Waals surface area contributed by atoms with E-state index in [-0.39, 0.29) is 23.0 Å². The molecule has 0 aromatic rings. The number of allylic oxidation sites excluding steroid dienone is 1. The number of hydrogen-bond donors (Lipinski definition) is 7. The molecule has 5 heterocycles. The van der Waals surface area contributed by atoms with Gasteiger partial charge in [0.05, 0.1) is 37.6 Å². The van der Waals surface area contributed by atoms with Crippen LogP contribution in [0, 0.1) is 46.3 Å². The van der Waals surface area contributed by atoms with Gasteiger partial charge in [-0.2, -0.15) is 0 Å². The second kappa shape index (κ2) is 17.3. The maximum Gasteiger partial charge on any atom is 0.187 e. The quantitative estimate of drug-likeness (QED) is 0.173. The maximum atomic E-state index is 12.1. The monoisotopic (exact) mass is 882 g/mol. The SMILES string of the molecule is CO[C@@H]1[C@@H](O)[C@@H](O)[C@H](O[C@H]2[C@H](O)[C@@H](O[C@@H]3O[C@@H](C)[C@H](O)[C@@H](O)[C@H]3O)[C@H](O[C@H]3CC[C@@]4(C)C(=CCC5C6CC7O[C@]8(CC[C@@H](C)CO8)C(C)C7[C@@]6(C)CCC54)C3)O[C@@H]2CO)O[C@H]1C. The summed E-state index contributed by atoms with van der Waals surface area (Å²) in [5.41, 5.74) is 1.56. The molecule has 16 heteroatoms. The molecule has 8 fully saturated rings. The molecule has 0 aromatic heterocycles. The Labute approximate surface area is 365 Å². The highest BCUT2D eigenvalue weighted by atomic mass is 16.8. The van der Waals surface area contributed by atoms with Gasteiger partial charge in [0.1, 0.15) is 61.0 Å². The molecule has 0 radical (unpaired) electrons. The van der Waals surface area contributed by atoms with Crippen LogP contribution in [0.1, 0.15) is 99.3 Å². The van der Waals surface area contributed by atoms with Crippen molar-refractivity contribution in [2.24, 2.45) is 46.3 Å². The normalized spacial score (nSPS) is 57.6. The van der Waals surface area contributed by atoms with Gasteiger partial charge >= 0.3 is 0 Å². The fourth-order valence-corrected chi connectivity index (χ4v) is 14.3. The molecule has 7 N–H and O–H groups in total. The molecular formula is C46H74O16. The molecule has 5 saturated heterocycles. The fraction of sp³-hybridized carbons (Fsp3) is 0.957. The molecule has 9 rings (SSSR count). The lowest BCUT2D eigenvalue weighted by Crippen LogP contribution is -2.66. The van der Waals surface area contributed by atoms with Gasteiger partial charge < -0.3 is 78.4 Å². The molecule has 0 aromatic carbocycles. The Balaban J connectivity index is 0.915. The summed E-state index contributed by atoms with van der Waals surface area (Å²) in [5, 5.41) is 76.4. The number of rotatable bonds is 8. The van der Waals surface area contributed by atoms with Crippen molar-refractivity contribution in [1.29, 1.82) is 0 Å². The second-order valence-corrected chi connectivity index (χ2v) is 21.3. The zero-order chi connectivity index (χ0) is 44.2. The summed E-state index contributed by atoms with van der Waals surface area (Å²) in [6.07, 6.45) is -8.82. The van der Waals surface area contributed by atoms with Gasteiger partial charge in [-0.25, -0.2) is 0 Å². The summed E-state index contributed by atoms with van der Waals surface area (Å²) in [6.45, 7) is 13.0. The zero-order valence-electron chi connectivity index (χ0n) is 37.4. The van der Waals surface area contributed by atoms with Gasteiger partial charge in [-0.15, -0.1) is 0 Å². The lowest BCUT2D eigenvalue weighted by molar-refractivity contribution is -0.389. The minimum absolute atomic E-state index is 0.00888. The topological polar surface area (TPSA) is 225 Å². The molecule has 9 aliphatic rings. The molecule has 6 unspecified atom stereocenters. The number of methoxy groups -OCH3 is 1. The minimum atomic E-state index is -1.69. The van der Waals surface area contributed by atoms with E-state index >= 15 is 0 Å². The van der Waals surface area contributed by atoms with Crippen LogP contribution in [0.3, 0.4) is 0 Å². The van der Waals surface area contributed by atoms with E-state index in [0.717, 1.165) is 45.1 Å². The lowest BCUT2D eigenvalue weighted by Gasteiger charge is -2.58. The van der Waals surface area contributed by atoms with E-state index in [1.165, 1.54) is 26.0 Å². The molecule has 62 heavy (non-hydrogen) atoms. The lowest BCUT2D eigenvalue weighted by atomic mass is 9.47. The molecule has 0 bridgehead atoms. The first-order valence-corrected chi connectivity index (χ1v) is 23.6.